The highest BCUT2D eigenvalue weighted by atomic mass is 32.2. The number of benzene rings is 4. The van der Waals surface area contributed by atoms with Crippen LogP contribution >= 0.6 is 0 Å². The number of fused-ring (bicyclic) bond motifs is 2. The lowest BCUT2D eigenvalue weighted by atomic mass is 10.1. The Morgan fingerprint density at radius 1 is 0.630 bits per heavy atom. The molecule has 0 fully saturated rings. The van der Waals surface area contributed by atoms with E-state index in [0.29, 0.717) is 11.5 Å². The van der Waals surface area contributed by atoms with Crippen molar-refractivity contribution in [1.29, 1.82) is 0 Å². The molecule has 27 heavy (non-hydrogen) atoms. The van der Waals surface area contributed by atoms with Crippen LogP contribution in [0.25, 0.3) is 21.5 Å². The standard InChI is InChI=1S/C21H16O5S/c22-27(23,24)21(25-19-13-5-9-15-7-1-3-11-17(15)19)26-20-14-6-10-16-8-2-4-12-18(16)20/h1-14,21H,(H,22,23,24). The van der Waals surface area contributed by atoms with E-state index in [1.165, 1.54) is 0 Å². The molecule has 0 aliphatic rings. The normalized spacial score (nSPS) is 11.8. The van der Waals surface area contributed by atoms with Gasteiger partial charge in [0.1, 0.15) is 11.5 Å². The van der Waals surface area contributed by atoms with Gasteiger partial charge >= 0.3 is 15.7 Å². The molecule has 0 spiro atoms. The smallest absolute Gasteiger partial charge is 0.371 e. The molecule has 136 valence electrons. The van der Waals surface area contributed by atoms with Gasteiger partial charge in [0.2, 0.25) is 0 Å². The molecule has 0 radical (unpaired) electrons. The SMILES string of the molecule is O=S(=O)(O)C(Oc1cccc2ccccc12)Oc1cccc2ccccc12. The first kappa shape index (κ1) is 17.3. The fraction of sp³-hybridized carbons (Fsp3) is 0.0476. The minimum atomic E-state index is -4.64. The third kappa shape index (κ3) is 3.58. The topological polar surface area (TPSA) is 72.8 Å². The second-order valence-corrected chi connectivity index (χ2v) is 7.41. The van der Waals surface area contributed by atoms with Crippen molar-refractivity contribution in [2.75, 3.05) is 0 Å². The molecule has 0 unspecified atom stereocenters. The summed E-state index contributed by atoms with van der Waals surface area (Å²) in [7, 11) is -4.64. The van der Waals surface area contributed by atoms with Crippen molar-refractivity contribution in [2.45, 2.75) is 5.62 Å². The van der Waals surface area contributed by atoms with Crippen LogP contribution in [0.5, 0.6) is 11.5 Å². The van der Waals surface area contributed by atoms with Crippen molar-refractivity contribution < 1.29 is 22.4 Å². The second-order valence-electron chi connectivity index (χ2n) is 5.99. The van der Waals surface area contributed by atoms with E-state index in [4.69, 9.17) is 9.47 Å². The lowest BCUT2D eigenvalue weighted by molar-refractivity contribution is 0.0694. The van der Waals surface area contributed by atoms with E-state index in [9.17, 15) is 13.0 Å². The third-order valence-electron chi connectivity index (χ3n) is 4.19. The van der Waals surface area contributed by atoms with E-state index in [1.54, 1.807) is 24.3 Å². The zero-order chi connectivity index (χ0) is 18.9. The summed E-state index contributed by atoms with van der Waals surface area (Å²) in [6, 6.07) is 25.3. The quantitative estimate of drug-likeness (QED) is 0.404. The zero-order valence-corrected chi connectivity index (χ0v) is 15.0. The molecule has 4 rings (SSSR count). The van der Waals surface area contributed by atoms with Gasteiger partial charge in [0, 0.05) is 10.8 Å². The van der Waals surface area contributed by atoms with Crippen LogP contribution in [-0.4, -0.2) is 18.6 Å². The highest BCUT2D eigenvalue weighted by Crippen LogP contribution is 2.30. The molecular weight excluding hydrogens is 364 g/mol. The van der Waals surface area contributed by atoms with Gasteiger partial charge in [-0.25, -0.2) is 0 Å². The maximum Gasteiger partial charge on any atom is 0.371 e. The summed E-state index contributed by atoms with van der Waals surface area (Å²) >= 11 is 0. The molecule has 0 atom stereocenters. The predicted octanol–water partition coefficient (Wildman–Crippen LogP) is 4.62. The second kappa shape index (κ2) is 6.90. The average molecular weight is 380 g/mol. The Morgan fingerprint density at radius 2 is 1.04 bits per heavy atom. The summed E-state index contributed by atoms with van der Waals surface area (Å²) in [6.07, 6.45) is 0. The molecule has 0 aliphatic heterocycles. The van der Waals surface area contributed by atoms with Crippen molar-refractivity contribution in [3.63, 3.8) is 0 Å². The first-order valence-electron chi connectivity index (χ1n) is 8.27. The Bertz CT molecular complexity index is 1130. The van der Waals surface area contributed by atoms with Crippen LogP contribution in [-0.2, 0) is 10.1 Å². The van der Waals surface area contributed by atoms with Gasteiger partial charge < -0.3 is 9.47 Å². The lowest BCUT2D eigenvalue weighted by Gasteiger charge is -2.19. The Kier molecular flexibility index (Phi) is 4.43. The predicted molar refractivity (Wildman–Crippen MR) is 104 cm³/mol. The zero-order valence-electron chi connectivity index (χ0n) is 14.1. The minimum absolute atomic E-state index is 0.302. The number of rotatable bonds is 5. The van der Waals surface area contributed by atoms with Crippen molar-refractivity contribution >= 4 is 31.7 Å². The van der Waals surface area contributed by atoms with Crippen molar-refractivity contribution in [3.05, 3.63) is 84.9 Å². The molecular formula is C21H16O5S. The van der Waals surface area contributed by atoms with Crippen molar-refractivity contribution in [1.82, 2.24) is 0 Å². The molecule has 0 heterocycles. The van der Waals surface area contributed by atoms with Crippen LogP contribution in [0.4, 0.5) is 0 Å². The monoisotopic (exact) mass is 380 g/mol. The molecule has 0 saturated carbocycles. The Balaban J connectivity index is 1.74. The van der Waals surface area contributed by atoms with Crippen molar-refractivity contribution in [3.8, 4) is 11.5 Å². The van der Waals surface area contributed by atoms with Gasteiger partial charge in [-0.2, -0.15) is 8.42 Å². The van der Waals surface area contributed by atoms with Gasteiger partial charge in [-0.15, -0.1) is 0 Å². The summed E-state index contributed by atoms with van der Waals surface area (Å²) in [6.45, 7) is 0. The molecule has 0 saturated heterocycles. The van der Waals surface area contributed by atoms with Crippen LogP contribution in [0, 0.1) is 0 Å². The van der Waals surface area contributed by atoms with Crippen LogP contribution in [0.1, 0.15) is 0 Å². The molecule has 5 nitrogen and oxygen atoms in total. The van der Waals surface area contributed by atoms with Crippen LogP contribution in [0.3, 0.4) is 0 Å². The van der Waals surface area contributed by atoms with E-state index in [0.717, 1.165) is 21.5 Å². The fourth-order valence-electron chi connectivity index (χ4n) is 2.95. The highest BCUT2D eigenvalue weighted by molar-refractivity contribution is 7.86. The molecule has 6 heteroatoms. The van der Waals surface area contributed by atoms with Gasteiger partial charge in [-0.1, -0.05) is 72.8 Å². The highest BCUT2D eigenvalue weighted by Gasteiger charge is 2.28. The molecule has 0 aliphatic carbocycles. The molecule has 0 aromatic heterocycles. The van der Waals surface area contributed by atoms with Crippen LogP contribution in [0.15, 0.2) is 84.9 Å². The van der Waals surface area contributed by atoms with E-state index in [1.807, 2.05) is 60.7 Å². The van der Waals surface area contributed by atoms with Gasteiger partial charge in [0.05, 0.1) is 0 Å². The van der Waals surface area contributed by atoms with Gasteiger partial charge in [0.25, 0.3) is 0 Å². The molecule has 0 bridgehead atoms. The molecule has 1 N–H and O–H groups in total. The van der Waals surface area contributed by atoms with Gasteiger partial charge in [-0.3, -0.25) is 4.55 Å². The third-order valence-corrected chi connectivity index (χ3v) is 4.87. The van der Waals surface area contributed by atoms with Gasteiger partial charge in [0.15, 0.2) is 0 Å². The minimum Gasteiger partial charge on any atom is -0.440 e. The van der Waals surface area contributed by atoms with Gasteiger partial charge in [-0.05, 0) is 22.9 Å². The molecule has 4 aromatic rings. The summed E-state index contributed by atoms with van der Waals surface area (Å²) in [4.78, 5) is 0. The fourth-order valence-corrected chi connectivity index (χ4v) is 3.40. The largest absolute Gasteiger partial charge is 0.440 e. The number of hydrogen-bond acceptors (Lipinski definition) is 4. The Hall–Kier alpha value is -3.09. The van der Waals surface area contributed by atoms with Crippen LogP contribution < -0.4 is 9.47 Å². The summed E-state index contributed by atoms with van der Waals surface area (Å²) in [5, 5.41) is 3.20. The summed E-state index contributed by atoms with van der Waals surface area (Å²) < 4.78 is 44.7. The maximum absolute atomic E-state index is 11.9. The Morgan fingerprint density at radius 3 is 1.48 bits per heavy atom. The average Bonchev–Trinajstić information content (AvgIpc) is 2.67. The molecule has 0 amide bonds. The Labute approximate surface area is 156 Å². The van der Waals surface area contributed by atoms with E-state index < -0.39 is 15.7 Å². The van der Waals surface area contributed by atoms with Crippen molar-refractivity contribution in [2.24, 2.45) is 0 Å². The summed E-state index contributed by atoms with van der Waals surface area (Å²) in [5.74, 6) is 0.604. The molecule has 4 aromatic carbocycles. The maximum atomic E-state index is 11.9. The number of ether oxygens (including phenoxy) is 2. The van der Waals surface area contributed by atoms with E-state index in [-0.39, 0.29) is 0 Å². The first-order chi connectivity index (χ1) is 13.0. The van der Waals surface area contributed by atoms with E-state index >= 15 is 0 Å². The first-order valence-corrected chi connectivity index (χ1v) is 9.78. The lowest BCUT2D eigenvalue weighted by Crippen LogP contribution is -2.33. The van der Waals surface area contributed by atoms with Crippen LogP contribution in [0.2, 0.25) is 0 Å². The summed E-state index contributed by atoms with van der Waals surface area (Å²) in [5.41, 5.74) is -1.89. The van der Waals surface area contributed by atoms with E-state index in [2.05, 4.69) is 0 Å². The number of hydrogen-bond donors (Lipinski definition) is 1.